The highest BCUT2D eigenvalue weighted by molar-refractivity contribution is 8.00. The van der Waals surface area contributed by atoms with E-state index < -0.39 is 41.2 Å². The van der Waals surface area contributed by atoms with Gasteiger partial charge in [-0.25, -0.2) is 13.2 Å². The summed E-state index contributed by atoms with van der Waals surface area (Å²) in [7, 11) is 0. The second-order valence-electron chi connectivity index (χ2n) is 6.97. The molecule has 1 saturated carbocycles. The van der Waals surface area contributed by atoms with E-state index in [0.717, 1.165) is 30.0 Å². The molecule has 3 rings (SSSR count). The molecule has 1 aliphatic rings. The lowest BCUT2D eigenvalue weighted by atomic mass is 9.97. The summed E-state index contributed by atoms with van der Waals surface area (Å²) in [6, 6.07) is 3.96. The molecule has 2 aromatic carbocycles. The highest BCUT2D eigenvalue weighted by atomic mass is 32.2. The number of rotatable bonds is 4. The van der Waals surface area contributed by atoms with Gasteiger partial charge in [-0.2, -0.15) is 13.2 Å². The molecule has 0 saturated heterocycles. The van der Waals surface area contributed by atoms with Crippen LogP contribution in [-0.4, -0.2) is 22.4 Å². The fourth-order valence-corrected chi connectivity index (χ4v) is 4.54. The lowest BCUT2D eigenvalue weighted by molar-refractivity contribution is -0.139. The van der Waals surface area contributed by atoms with E-state index in [-0.39, 0.29) is 21.4 Å². The minimum Gasteiger partial charge on any atom is -0.393 e. The molecule has 162 valence electrons. The fourth-order valence-electron chi connectivity index (χ4n) is 3.17. The molecule has 3 nitrogen and oxygen atoms in total. The molecule has 30 heavy (non-hydrogen) atoms. The minimum atomic E-state index is -4.63. The van der Waals surface area contributed by atoms with Gasteiger partial charge in [0, 0.05) is 33.5 Å². The SMILES string of the molecule is O=C(Nc1cc(F)c(F)c(F)c1)c1ccc(C(F)(F)F)c(SC2CCC(O)CC2)c1. The Morgan fingerprint density at radius 1 is 1.00 bits per heavy atom. The number of halogens is 6. The number of thioether (sulfide) groups is 1. The lowest BCUT2D eigenvalue weighted by Gasteiger charge is -2.26. The molecule has 2 N–H and O–H groups in total. The van der Waals surface area contributed by atoms with Crippen molar-refractivity contribution in [1.29, 1.82) is 0 Å². The molecule has 0 radical (unpaired) electrons. The van der Waals surface area contributed by atoms with Crippen molar-refractivity contribution in [2.24, 2.45) is 0 Å². The van der Waals surface area contributed by atoms with Crippen molar-refractivity contribution < 1.29 is 36.2 Å². The van der Waals surface area contributed by atoms with Crippen molar-refractivity contribution in [1.82, 2.24) is 0 Å². The van der Waals surface area contributed by atoms with Crippen LogP contribution in [0.4, 0.5) is 32.0 Å². The third kappa shape index (κ3) is 5.28. The Labute approximate surface area is 172 Å². The number of hydrogen-bond donors (Lipinski definition) is 2. The second-order valence-corrected chi connectivity index (χ2v) is 8.31. The van der Waals surface area contributed by atoms with Crippen molar-refractivity contribution in [3.8, 4) is 0 Å². The average Bonchev–Trinajstić information content (AvgIpc) is 2.67. The van der Waals surface area contributed by atoms with Crippen LogP contribution in [0, 0.1) is 17.5 Å². The first-order valence-electron chi connectivity index (χ1n) is 9.06. The topological polar surface area (TPSA) is 49.3 Å². The average molecular weight is 449 g/mol. The van der Waals surface area contributed by atoms with Gasteiger partial charge >= 0.3 is 6.18 Å². The Kier molecular flexibility index (Phi) is 6.66. The van der Waals surface area contributed by atoms with Crippen LogP contribution in [0.5, 0.6) is 0 Å². The first kappa shape index (κ1) is 22.5. The van der Waals surface area contributed by atoms with Gasteiger partial charge in [-0.15, -0.1) is 11.8 Å². The third-order valence-electron chi connectivity index (χ3n) is 4.73. The summed E-state index contributed by atoms with van der Waals surface area (Å²) in [6.07, 6.45) is -3.05. The maximum absolute atomic E-state index is 13.4. The number of aliphatic hydroxyl groups excluding tert-OH is 1. The maximum Gasteiger partial charge on any atom is 0.417 e. The zero-order valence-corrected chi connectivity index (χ0v) is 16.2. The Balaban J connectivity index is 1.85. The predicted octanol–water partition coefficient (Wildman–Crippen LogP) is 5.77. The summed E-state index contributed by atoms with van der Waals surface area (Å²) in [4.78, 5) is 12.3. The Bertz CT molecular complexity index is 918. The van der Waals surface area contributed by atoms with Gasteiger partial charge in [-0.3, -0.25) is 4.79 Å². The van der Waals surface area contributed by atoms with Gasteiger partial charge < -0.3 is 10.4 Å². The van der Waals surface area contributed by atoms with Crippen molar-refractivity contribution in [3.63, 3.8) is 0 Å². The quantitative estimate of drug-likeness (QED) is 0.460. The minimum absolute atomic E-state index is 0.145. The van der Waals surface area contributed by atoms with Crippen LogP contribution in [0.25, 0.3) is 0 Å². The summed E-state index contributed by atoms with van der Waals surface area (Å²) in [5.74, 6) is -5.60. The Morgan fingerprint density at radius 2 is 1.60 bits per heavy atom. The van der Waals surface area contributed by atoms with Crippen LogP contribution in [0.15, 0.2) is 35.2 Å². The third-order valence-corrected chi connectivity index (χ3v) is 6.12. The number of hydrogen-bond acceptors (Lipinski definition) is 3. The Morgan fingerprint density at radius 3 is 2.17 bits per heavy atom. The van der Waals surface area contributed by atoms with Gasteiger partial charge in [0.25, 0.3) is 5.91 Å². The largest absolute Gasteiger partial charge is 0.417 e. The van der Waals surface area contributed by atoms with Crippen LogP contribution in [0.1, 0.15) is 41.6 Å². The summed E-state index contributed by atoms with van der Waals surface area (Å²) in [5, 5.41) is 11.6. The summed E-state index contributed by atoms with van der Waals surface area (Å²) in [5.41, 5.74) is -1.41. The van der Waals surface area contributed by atoms with Crippen molar-refractivity contribution in [3.05, 3.63) is 58.9 Å². The zero-order valence-electron chi connectivity index (χ0n) is 15.4. The van der Waals surface area contributed by atoms with Crippen LogP contribution < -0.4 is 5.32 Å². The monoisotopic (exact) mass is 449 g/mol. The van der Waals surface area contributed by atoms with Crippen molar-refractivity contribution >= 4 is 23.4 Å². The zero-order chi connectivity index (χ0) is 22.1. The normalized spacial score (nSPS) is 19.6. The Hall–Kier alpha value is -2.20. The molecular weight excluding hydrogens is 432 g/mol. The van der Waals surface area contributed by atoms with Gasteiger partial charge in [0.15, 0.2) is 17.5 Å². The number of alkyl halides is 3. The maximum atomic E-state index is 13.4. The summed E-state index contributed by atoms with van der Waals surface area (Å²) < 4.78 is 79.9. The van der Waals surface area contributed by atoms with Crippen LogP contribution >= 0.6 is 11.8 Å². The second kappa shape index (κ2) is 8.89. The van der Waals surface area contributed by atoms with Crippen LogP contribution in [-0.2, 0) is 6.18 Å². The molecule has 1 amide bonds. The smallest absolute Gasteiger partial charge is 0.393 e. The molecule has 10 heteroatoms. The number of nitrogens with one attached hydrogen (secondary N) is 1. The molecule has 0 atom stereocenters. The van der Waals surface area contributed by atoms with E-state index in [1.54, 1.807) is 0 Å². The van der Waals surface area contributed by atoms with Gasteiger partial charge in [-0.1, -0.05) is 0 Å². The van der Waals surface area contributed by atoms with E-state index in [4.69, 9.17) is 0 Å². The van der Waals surface area contributed by atoms with E-state index in [9.17, 15) is 36.2 Å². The highest BCUT2D eigenvalue weighted by Crippen LogP contribution is 2.41. The molecule has 0 heterocycles. The lowest BCUT2D eigenvalue weighted by Crippen LogP contribution is -2.20. The first-order valence-corrected chi connectivity index (χ1v) is 9.94. The van der Waals surface area contributed by atoms with Gasteiger partial charge in [0.05, 0.1) is 11.7 Å². The number of anilines is 1. The molecule has 0 unspecified atom stereocenters. The highest BCUT2D eigenvalue weighted by Gasteiger charge is 2.35. The number of carbonyl (C=O) groups excluding carboxylic acids is 1. The first-order chi connectivity index (χ1) is 14.0. The number of benzene rings is 2. The molecule has 0 aliphatic heterocycles. The summed E-state index contributed by atoms with van der Waals surface area (Å²) in [6.45, 7) is 0. The number of amides is 1. The molecular formula is C20H17F6NO2S. The van der Waals surface area contributed by atoms with Gasteiger partial charge in [0.2, 0.25) is 0 Å². The fraction of sp³-hybridized carbons (Fsp3) is 0.350. The predicted molar refractivity (Wildman–Crippen MR) is 99.8 cm³/mol. The van der Waals surface area contributed by atoms with Crippen LogP contribution in [0.2, 0.25) is 0 Å². The van der Waals surface area contributed by atoms with E-state index in [1.165, 1.54) is 0 Å². The summed E-state index contributed by atoms with van der Waals surface area (Å²) >= 11 is 0.984. The molecule has 0 spiro atoms. The molecule has 2 aromatic rings. The van der Waals surface area contributed by atoms with Gasteiger partial charge in [0.1, 0.15) is 0 Å². The van der Waals surface area contributed by atoms with Crippen molar-refractivity contribution in [2.75, 3.05) is 5.32 Å². The molecule has 1 aliphatic carbocycles. The van der Waals surface area contributed by atoms with E-state index in [0.29, 0.717) is 37.8 Å². The number of aliphatic hydroxyl groups is 1. The van der Waals surface area contributed by atoms with Crippen molar-refractivity contribution in [2.45, 2.75) is 48.1 Å². The molecule has 1 fully saturated rings. The van der Waals surface area contributed by atoms with E-state index in [2.05, 4.69) is 5.32 Å². The van der Waals surface area contributed by atoms with E-state index in [1.807, 2.05) is 0 Å². The molecule has 0 bridgehead atoms. The van der Waals surface area contributed by atoms with Crippen LogP contribution in [0.3, 0.4) is 0 Å². The molecule has 0 aromatic heterocycles. The van der Waals surface area contributed by atoms with E-state index >= 15 is 0 Å². The number of carbonyl (C=O) groups is 1. The van der Waals surface area contributed by atoms with Gasteiger partial charge in [-0.05, 0) is 43.9 Å². The standard InChI is InChI=1S/C20H17F6NO2S/c21-15-8-11(9-16(22)18(15)23)27-19(29)10-1-6-14(20(24,25)26)17(7-10)30-13-4-2-12(28)3-5-13/h1,6-9,12-13,28H,2-5H2,(H,27,29).